The molecule has 25 heavy (non-hydrogen) atoms. The molecule has 4 rings (SSSR count). The SMILES string of the molecule is CC1(C)c2ccccc2-c2ccc(-c3ccc(OB(O)O)cc3)cc21. The highest BCUT2D eigenvalue weighted by Crippen LogP contribution is 2.49. The van der Waals surface area contributed by atoms with Crippen LogP contribution in [0.2, 0.25) is 0 Å². The molecule has 1 aliphatic carbocycles. The summed E-state index contributed by atoms with van der Waals surface area (Å²) in [6, 6.07) is 22.5. The molecular weight excluding hydrogens is 311 g/mol. The van der Waals surface area contributed by atoms with Crippen LogP contribution in [0.15, 0.2) is 66.7 Å². The molecule has 3 aromatic carbocycles. The van der Waals surface area contributed by atoms with Crippen LogP contribution in [0.4, 0.5) is 0 Å². The third kappa shape index (κ3) is 2.64. The summed E-state index contributed by atoms with van der Waals surface area (Å²) < 4.78 is 4.87. The largest absolute Gasteiger partial charge is 0.707 e. The van der Waals surface area contributed by atoms with Crippen LogP contribution in [0.25, 0.3) is 22.3 Å². The summed E-state index contributed by atoms with van der Waals surface area (Å²) >= 11 is 0. The van der Waals surface area contributed by atoms with E-state index in [0.29, 0.717) is 5.75 Å². The first-order valence-electron chi connectivity index (χ1n) is 8.34. The van der Waals surface area contributed by atoms with Crippen LogP contribution in [0.5, 0.6) is 5.75 Å². The summed E-state index contributed by atoms with van der Waals surface area (Å²) in [6.45, 7) is 4.53. The number of fused-ring (bicyclic) bond motifs is 3. The lowest BCUT2D eigenvalue weighted by Gasteiger charge is -2.22. The first-order valence-corrected chi connectivity index (χ1v) is 8.34. The summed E-state index contributed by atoms with van der Waals surface area (Å²) in [5, 5.41) is 17.7. The van der Waals surface area contributed by atoms with Crippen LogP contribution >= 0.6 is 0 Å². The highest BCUT2D eigenvalue weighted by atomic mass is 16.6. The minimum atomic E-state index is -1.80. The van der Waals surface area contributed by atoms with Crippen LogP contribution in [0.1, 0.15) is 25.0 Å². The minimum Gasteiger partial charge on any atom is -0.512 e. The van der Waals surface area contributed by atoms with E-state index < -0.39 is 7.32 Å². The lowest BCUT2D eigenvalue weighted by molar-refractivity contribution is 0.288. The predicted molar refractivity (Wildman–Crippen MR) is 100 cm³/mol. The molecule has 3 aromatic rings. The molecule has 2 N–H and O–H groups in total. The van der Waals surface area contributed by atoms with Crippen molar-refractivity contribution in [3.05, 3.63) is 77.9 Å². The van der Waals surface area contributed by atoms with Crippen molar-refractivity contribution in [2.45, 2.75) is 19.3 Å². The minimum absolute atomic E-state index is 0.0218. The fourth-order valence-corrected chi connectivity index (χ4v) is 3.73. The van der Waals surface area contributed by atoms with Crippen LogP contribution < -0.4 is 4.65 Å². The van der Waals surface area contributed by atoms with Crippen molar-refractivity contribution in [3.63, 3.8) is 0 Å². The van der Waals surface area contributed by atoms with E-state index in [0.717, 1.165) is 11.1 Å². The van der Waals surface area contributed by atoms with Crippen molar-refractivity contribution >= 4 is 7.32 Å². The maximum absolute atomic E-state index is 8.87. The zero-order valence-electron chi connectivity index (χ0n) is 14.2. The van der Waals surface area contributed by atoms with E-state index >= 15 is 0 Å². The highest BCUT2D eigenvalue weighted by Gasteiger charge is 2.35. The Morgan fingerprint density at radius 2 is 1.40 bits per heavy atom. The normalized spacial score (nSPS) is 13.9. The Bertz CT molecular complexity index is 930. The van der Waals surface area contributed by atoms with Crippen LogP contribution in [0.3, 0.4) is 0 Å². The van der Waals surface area contributed by atoms with Gasteiger partial charge < -0.3 is 14.7 Å². The van der Waals surface area contributed by atoms with E-state index in [4.69, 9.17) is 14.7 Å². The number of benzene rings is 3. The topological polar surface area (TPSA) is 49.7 Å². The third-order valence-corrected chi connectivity index (χ3v) is 5.01. The molecule has 0 fully saturated rings. The molecular formula is C21H19BO3. The molecule has 4 heteroatoms. The van der Waals surface area contributed by atoms with Crippen LogP contribution in [0, 0.1) is 0 Å². The summed E-state index contributed by atoms with van der Waals surface area (Å²) in [5.41, 5.74) is 7.49. The first kappa shape index (κ1) is 15.9. The molecule has 124 valence electrons. The van der Waals surface area contributed by atoms with E-state index in [1.165, 1.54) is 22.3 Å². The highest BCUT2D eigenvalue weighted by molar-refractivity contribution is 6.33. The van der Waals surface area contributed by atoms with Gasteiger partial charge in [0.15, 0.2) is 0 Å². The molecule has 0 saturated heterocycles. The monoisotopic (exact) mass is 330 g/mol. The molecule has 0 atom stereocenters. The zero-order valence-corrected chi connectivity index (χ0v) is 14.2. The van der Waals surface area contributed by atoms with Gasteiger partial charge in [-0.05, 0) is 51.6 Å². The third-order valence-electron chi connectivity index (χ3n) is 5.01. The Hall–Kier alpha value is -2.56. The smallest absolute Gasteiger partial charge is 0.512 e. The maximum atomic E-state index is 8.87. The number of hydrogen-bond donors (Lipinski definition) is 2. The van der Waals surface area contributed by atoms with E-state index in [1.807, 2.05) is 12.1 Å². The van der Waals surface area contributed by atoms with Gasteiger partial charge in [-0.3, -0.25) is 0 Å². The molecule has 0 heterocycles. The van der Waals surface area contributed by atoms with E-state index in [9.17, 15) is 0 Å². The molecule has 0 amide bonds. The average molecular weight is 330 g/mol. The molecule has 0 unspecified atom stereocenters. The summed E-state index contributed by atoms with van der Waals surface area (Å²) in [5.74, 6) is 0.424. The van der Waals surface area contributed by atoms with Crippen molar-refractivity contribution in [1.29, 1.82) is 0 Å². The fraction of sp³-hybridized carbons (Fsp3) is 0.143. The van der Waals surface area contributed by atoms with Crippen LogP contribution in [-0.4, -0.2) is 17.4 Å². The molecule has 0 bridgehead atoms. The van der Waals surface area contributed by atoms with Crippen molar-refractivity contribution in [2.24, 2.45) is 0 Å². The second kappa shape index (κ2) is 5.76. The summed E-state index contributed by atoms with van der Waals surface area (Å²) in [4.78, 5) is 0. The quantitative estimate of drug-likeness (QED) is 0.714. The van der Waals surface area contributed by atoms with Gasteiger partial charge in [0, 0.05) is 5.41 Å². The van der Waals surface area contributed by atoms with E-state index in [-0.39, 0.29) is 5.41 Å². The lowest BCUT2D eigenvalue weighted by Crippen LogP contribution is -2.20. The molecule has 0 aromatic heterocycles. The molecule has 0 aliphatic heterocycles. The van der Waals surface area contributed by atoms with Gasteiger partial charge in [0.25, 0.3) is 0 Å². The Balaban J connectivity index is 1.75. The van der Waals surface area contributed by atoms with E-state index in [2.05, 4.69) is 56.3 Å². The Kier molecular flexibility index (Phi) is 3.67. The van der Waals surface area contributed by atoms with Gasteiger partial charge in [-0.1, -0.05) is 62.4 Å². The van der Waals surface area contributed by atoms with Gasteiger partial charge >= 0.3 is 7.32 Å². The maximum Gasteiger partial charge on any atom is 0.707 e. The second-order valence-corrected chi connectivity index (χ2v) is 6.90. The summed E-state index contributed by atoms with van der Waals surface area (Å²) in [7, 11) is -1.80. The average Bonchev–Trinajstić information content (AvgIpc) is 2.83. The van der Waals surface area contributed by atoms with Crippen molar-refractivity contribution in [1.82, 2.24) is 0 Å². The standard InChI is InChI=1S/C21H19BO3/c1-21(2)19-6-4-3-5-17(19)18-12-9-15(13-20(18)21)14-7-10-16(11-8-14)25-22(23)24/h3-13,23-24H,1-2H3. The number of rotatable bonds is 3. The van der Waals surface area contributed by atoms with E-state index in [1.54, 1.807) is 12.1 Å². The Morgan fingerprint density at radius 1 is 0.760 bits per heavy atom. The first-order chi connectivity index (χ1) is 12.0. The molecule has 0 radical (unpaired) electrons. The molecule has 1 aliphatic rings. The van der Waals surface area contributed by atoms with Gasteiger partial charge in [-0.2, -0.15) is 0 Å². The van der Waals surface area contributed by atoms with Gasteiger partial charge in [0.2, 0.25) is 0 Å². The van der Waals surface area contributed by atoms with Gasteiger partial charge in [-0.15, -0.1) is 0 Å². The molecule has 0 spiro atoms. The van der Waals surface area contributed by atoms with Gasteiger partial charge in [-0.25, -0.2) is 0 Å². The van der Waals surface area contributed by atoms with Crippen molar-refractivity contribution in [2.75, 3.05) is 0 Å². The second-order valence-electron chi connectivity index (χ2n) is 6.90. The van der Waals surface area contributed by atoms with Crippen molar-refractivity contribution in [3.8, 4) is 28.0 Å². The predicted octanol–water partition coefficient (Wildman–Crippen LogP) is 4.01. The Labute approximate surface area is 147 Å². The molecule has 3 nitrogen and oxygen atoms in total. The lowest BCUT2D eigenvalue weighted by atomic mass is 9.81. The Morgan fingerprint density at radius 3 is 2.12 bits per heavy atom. The molecule has 0 saturated carbocycles. The number of hydrogen-bond acceptors (Lipinski definition) is 3. The fourth-order valence-electron chi connectivity index (χ4n) is 3.73. The summed E-state index contributed by atoms with van der Waals surface area (Å²) in [6.07, 6.45) is 0. The van der Waals surface area contributed by atoms with Crippen molar-refractivity contribution < 1.29 is 14.7 Å². The van der Waals surface area contributed by atoms with Gasteiger partial charge in [0.05, 0.1) is 0 Å². The zero-order chi connectivity index (χ0) is 17.6. The van der Waals surface area contributed by atoms with Crippen LogP contribution in [-0.2, 0) is 5.41 Å². The van der Waals surface area contributed by atoms with Gasteiger partial charge in [0.1, 0.15) is 5.75 Å².